The van der Waals surface area contributed by atoms with Crippen molar-refractivity contribution >= 4 is 28.4 Å². The zero-order valence-corrected chi connectivity index (χ0v) is 14.7. The molecule has 0 saturated carbocycles. The Labute approximate surface area is 156 Å². The molecule has 0 spiro atoms. The summed E-state index contributed by atoms with van der Waals surface area (Å²) in [6.45, 7) is 1.94. The van der Waals surface area contributed by atoms with Gasteiger partial charge in [0.15, 0.2) is 0 Å². The summed E-state index contributed by atoms with van der Waals surface area (Å²) in [6.07, 6.45) is 1.62. The van der Waals surface area contributed by atoms with Crippen LogP contribution < -0.4 is 15.4 Å². The van der Waals surface area contributed by atoms with Crippen LogP contribution in [0.4, 0.5) is 16.2 Å². The van der Waals surface area contributed by atoms with E-state index in [1.165, 1.54) is 0 Å². The molecule has 2 N–H and O–H groups in total. The fourth-order valence-electron chi connectivity index (χ4n) is 2.80. The summed E-state index contributed by atoms with van der Waals surface area (Å²) in [4.78, 5) is 12.3. The van der Waals surface area contributed by atoms with Crippen LogP contribution in [0.25, 0.3) is 11.0 Å². The van der Waals surface area contributed by atoms with Gasteiger partial charge in [-0.15, -0.1) is 0 Å². The summed E-state index contributed by atoms with van der Waals surface area (Å²) < 4.78 is 11.2. The SMILES string of the molecule is Cc1cc(NC(=O)Nc2ccc3occc3c2)ccc1Oc1ccccc1. The van der Waals surface area contributed by atoms with Gasteiger partial charge in [-0.1, -0.05) is 18.2 Å². The molecule has 0 atom stereocenters. The number of para-hydroxylation sites is 1. The van der Waals surface area contributed by atoms with Gasteiger partial charge in [-0.05, 0) is 67.1 Å². The van der Waals surface area contributed by atoms with Crippen LogP contribution in [0.1, 0.15) is 5.56 Å². The van der Waals surface area contributed by atoms with Gasteiger partial charge in [0.25, 0.3) is 0 Å². The minimum atomic E-state index is -0.311. The van der Waals surface area contributed by atoms with Gasteiger partial charge in [0.1, 0.15) is 17.1 Å². The van der Waals surface area contributed by atoms with Crippen molar-refractivity contribution in [3.8, 4) is 11.5 Å². The van der Waals surface area contributed by atoms with Gasteiger partial charge in [0.05, 0.1) is 6.26 Å². The largest absolute Gasteiger partial charge is 0.464 e. The number of benzene rings is 3. The molecule has 0 aliphatic rings. The topological polar surface area (TPSA) is 63.5 Å². The summed E-state index contributed by atoms with van der Waals surface area (Å²) in [6, 6.07) is 22.1. The van der Waals surface area contributed by atoms with E-state index in [2.05, 4.69) is 10.6 Å². The Morgan fingerprint density at radius 3 is 2.41 bits per heavy atom. The number of carbonyl (C=O) groups excluding carboxylic acids is 1. The molecule has 3 aromatic carbocycles. The number of carbonyl (C=O) groups is 1. The van der Waals surface area contributed by atoms with E-state index >= 15 is 0 Å². The third kappa shape index (κ3) is 3.93. The molecule has 4 rings (SSSR count). The number of furan rings is 1. The van der Waals surface area contributed by atoms with Crippen LogP contribution in [0.15, 0.2) is 83.5 Å². The van der Waals surface area contributed by atoms with Crippen LogP contribution in [-0.2, 0) is 0 Å². The second-order valence-corrected chi connectivity index (χ2v) is 6.15. The zero-order valence-electron chi connectivity index (χ0n) is 14.7. The van der Waals surface area contributed by atoms with Crippen molar-refractivity contribution in [3.63, 3.8) is 0 Å². The highest BCUT2D eigenvalue weighted by Gasteiger charge is 2.07. The molecule has 0 fully saturated rings. The van der Waals surface area contributed by atoms with Crippen LogP contribution in [0.3, 0.4) is 0 Å². The number of hydrogen-bond donors (Lipinski definition) is 2. The summed E-state index contributed by atoms with van der Waals surface area (Å²) in [5.41, 5.74) is 3.10. The lowest BCUT2D eigenvalue weighted by molar-refractivity contribution is 0.262. The predicted octanol–water partition coefficient (Wildman–Crippen LogP) is 6.18. The molecule has 0 unspecified atom stereocenters. The molecule has 1 aromatic heterocycles. The Hall–Kier alpha value is -3.73. The van der Waals surface area contributed by atoms with E-state index in [0.717, 1.165) is 28.0 Å². The van der Waals surface area contributed by atoms with Crippen LogP contribution in [-0.4, -0.2) is 6.03 Å². The minimum Gasteiger partial charge on any atom is -0.464 e. The Kier molecular flexibility index (Phi) is 4.49. The molecule has 0 bridgehead atoms. The third-order valence-corrected chi connectivity index (χ3v) is 4.11. The molecule has 5 nitrogen and oxygen atoms in total. The van der Waals surface area contributed by atoms with E-state index in [4.69, 9.17) is 9.15 Å². The molecule has 0 aliphatic heterocycles. The van der Waals surface area contributed by atoms with Crippen molar-refractivity contribution in [3.05, 3.63) is 84.6 Å². The maximum Gasteiger partial charge on any atom is 0.323 e. The lowest BCUT2D eigenvalue weighted by Gasteiger charge is -2.12. The fourth-order valence-corrected chi connectivity index (χ4v) is 2.80. The number of hydrogen-bond acceptors (Lipinski definition) is 3. The van der Waals surface area contributed by atoms with Gasteiger partial charge in [0, 0.05) is 16.8 Å². The van der Waals surface area contributed by atoms with Crippen LogP contribution in [0.5, 0.6) is 11.5 Å². The van der Waals surface area contributed by atoms with Gasteiger partial charge in [-0.3, -0.25) is 0 Å². The summed E-state index contributed by atoms with van der Waals surface area (Å²) >= 11 is 0. The number of urea groups is 1. The van der Waals surface area contributed by atoms with E-state index < -0.39 is 0 Å². The molecular formula is C22H18N2O3. The molecule has 0 radical (unpaired) electrons. The van der Waals surface area contributed by atoms with Gasteiger partial charge in [0.2, 0.25) is 0 Å². The van der Waals surface area contributed by atoms with Crippen molar-refractivity contribution < 1.29 is 13.9 Å². The van der Waals surface area contributed by atoms with Gasteiger partial charge in [-0.2, -0.15) is 0 Å². The molecule has 0 aliphatic carbocycles. The Bertz CT molecular complexity index is 1090. The lowest BCUT2D eigenvalue weighted by atomic mass is 10.2. The number of aryl methyl sites for hydroxylation is 1. The van der Waals surface area contributed by atoms with Crippen molar-refractivity contribution in [1.29, 1.82) is 0 Å². The molecule has 1 heterocycles. The molecule has 134 valence electrons. The molecule has 27 heavy (non-hydrogen) atoms. The smallest absolute Gasteiger partial charge is 0.323 e. The van der Waals surface area contributed by atoms with E-state index in [1.807, 2.05) is 73.7 Å². The van der Waals surface area contributed by atoms with Gasteiger partial charge >= 0.3 is 6.03 Å². The predicted molar refractivity (Wildman–Crippen MR) is 107 cm³/mol. The van der Waals surface area contributed by atoms with E-state index in [0.29, 0.717) is 11.4 Å². The molecule has 2 amide bonds. The second kappa shape index (κ2) is 7.25. The standard InChI is InChI=1S/C22H18N2O3/c1-15-13-17(7-9-20(15)27-19-5-3-2-4-6-19)23-22(25)24-18-8-10-21-16(14-18)11-12-26-21/h2-14H,1H3,(H2,23,24,25). The number of anilines is 2. The maximum atomic E-state index is 12.3. The van der Waals surface area contributed by atoms with Gasteiger partial charge in [-0.25, -0.2) is 4.79 Å². The Balaban J connectivity index is 1.42. The monoisotopic (exact) mass is 358 g/mol. The minimum absolute atomic E-state index is 0.311. The summed E-state index contributed by atoms with van der Waals surface area (Å²) in [5, 5.41) is 6.59. The van der Waals surface area contributed by atoms with Gasteiger partial charge < -0.3 is 19.8 Å². The van der Waals surface area contributed by atoms with Crippen LogP contribution in [0, 0.1) is 6.92 Å². The maximum absolute atomic E-state index is 12.3. The third-order valence-electron chi connectivity index (χ3n) is 4.11. The number of amides is 2. The number of nitrogens with one attached hydrogen (secondary N) is 2. The number of ether oxygens (including phenoxy) is 1. The molecular weight excluding hydrogens is 340 g/mol. The summed E-state index contributed by atoms with van der Waals surface area (Å²) in [7, 11) is 0. The molecule has 0 saturated heterocycles. The lowest BCUT2D eigenvalue weighted by Crippen LogP contribution is -2.19. The summed E-state index contributed by atoms with van der Waals surface area (Å²) in [5.74, 6) is 1.52. The fraction of sp³-hybridized carbons (Fsp3) is 0.0455. The van der Waals surface area contributed by atoms with E-state index in [-0.39, 0.29) is 6.03 Å². The zero-order chi connectivity index (χ0) is 18.6. The highest BCUT2D eigenvalue weighted by molar-refractivity contribution is 6.01. The molecule has 5 heteroatoms. The highest BCUT2D eigenvalue weighted by Crippen LogP contribution is 2.27. The van der Waals surface area contributed by atoms with Crippen molar-refractivity contribution in [2.75, 3.05) is 10.6 Å². The first kappa shape index (κ1) is 16.7. The van der Waals surface area contributed by atoms with Crippen molar-refractivity contribution in [2.24, 2.45) is 0 Å². The van der Waals surface area contributed by atoms with Crippen molar-refractivity contribution in [1.82, 2.24) is 0 Å². The average Bonchev–Trinajstić information content (AvgIpc) is 3.12. The van der Waals surface area contributed by atoms with Crippen LogP contribution in [0.2, 0.25) is 0 Å². The normalized spacial score (nSPS) is 10.6. The average molecular weight is 358 g/mol. The quantitative estimate of drug-likeness (QED) is 0.458. The first-order chi connectivity index (χ1) is 13.2. The molecule has 4 aromatic rings. The Morgan fingerprint density at radius 2 is 1.63 bits per heavy atom. The number of fused-ring (bicyclic) bond motifs is 1. The van der Waals surface area contributed by atoms with Crippen LogP contribution >= 0.6 is 0 Å². The highest BCUT2D eigenvalue weighted by atomic mass is 16.5. The first-order valence-corrected chi connectivity index (χ1v) is 8.56. The second-order valence-electron chi connectivity index (χ2n) is 6.15. The van der Waals surface area contributed by atoms with Crippen molar-refractivity contribution in [2.45, 2.75) is 6.92 Å². The van der Waals surface area contributed by atoms with E-state index in [1.54, 1.807) is 12.3 Å². The first-order valence-electron chi connectivity index (χ1n) is 8.56. The Morgan fingerprint density at radius 1 is 0.889 bits per heavy atom. The number of rotatable bonds is 4. The van der Waals surface area contributed by atoms with E-state index in [9.17, 15) is 4.79 Å².